The summed E-state index contributed by atoms with van der Waals surface area (Å²) in [5.74, 6) is 1.79. The monoisotopic (exact) mass is 352 g/mol. The topological polar surface area (TPSA) is 34.9 Å². The van der Waals surface area contributed by atoms with Gasteiger partial charge in [0.25, 0.3) is 5.56 Å². The first-order valence-electron chi connectivity index (χ1n) is 8.73. The lowest BCUT2D eigenvalue weighted by Gasteiger charge is -2.18. The summed E-state index contributed by atoms with van der Waals surface area (Å²) in [6.07, 6.45) is 0. The summed E-state index contributed by atoms with van der Waals surface area (Å²) in [6.45, 7) is 8.66. The third-order valence-electron chi connectivity index (χ3n) is 4.09. The van der Waals surface area contributed by atoms with E-state index in [1.807, 2.05) is 42.5 Å². The van der Waals surface area contributed by atoms with Gasteiger partial charge in [-0.2, -0.15) is 0 Å². The minimum atomic E-state index is 0.00459. The fourth-order valence-corrected chi connectivity index (χ4v) is 3.80. The Morgan fingerprint density at radius 3 is 2.40 bits per heavy atom. The van der Waals surface area contributed by atoms with Crippen LogP contribution in [0.5, 0.6) is 0 Å². The first-order chi connectivity index (χ1) is 12.0. The molecule has 3 aromatic rings. The molecule has 130 valence electrons. The summed E-state index contributed by atoms with van der Waals surface area (Å²) in [6, 6.07) is 15.7. The molecule has 0 saturated carbocycles. The van der Waals surface area contributed by atoms with E-state index in [-0.39, 0.29) is 5.56 Å². The summed E-state index contributed by atoms with van der Waals surface area (Å²) in [7, 11) is 0. The Morgan fingerprint density at radius 2 is 1.68 bits per heavy atom. The molecule has 4 heteroatoms. The highest BCUT2D eigenvalue weighted by Gasteiger charge is 2.17. The van der Waals surface area contributed by atoms with Gasteiger partial charge in [0.15, 0.2) is 5.16 Å². The largest absolute Gasteiger partial charge is 0.268 e. The Kier molecular flexibility index (Phi) is 5.28. The van der Waals surface area contributed by atoms with Crippen molar-refractivity contribution >= 4 is 22.7 Å². The highest BCUT2D eigenvalue weighted by atomic mass is 32.2. The number of hydrogen-bond donors (Lipinski definition) is 0. The predicted octanol–water partition coefficient (Wildman–Crippen LogP) is 5.26. The van der Waals surface area contributed by atoms with E-state index in [1.165, 1.54) is 0 Å². The van der Waals surface area contributed by atoms with Crippen molar-refractivity contribution < 1.29 is 0 Å². The van der Waals surface area contributed by atoms with Gasteiger partial charge >= 0.3 is 0 Å². The molecule has 3 nitrogen and oxygen atoms in total. The summed E-state index contributed by atoms with van der Waals surface area (Å²) < 4.78 is 1.80. The fourth-order valence-electron chi connectivity index (χ4n) is 2.84. The summed E-state index contributed by atoms with van der Waals surface area (Å²) in [5, 5.41) is 1.43. The third-order valence-corrected chi connectivity index (χ3v) is 5.46. The van der Waals surface area contributed by atoms with Crippen LogP contribution in [0.2, 0.25) is 0 Å². The van der Waals surface area contributed by atoms with Gasteiger partial charge in [0.2, 0.25) is 0 Å². The van der Waals surface area contributed by atoms with E-state index in [2.05, 4.69) is 33.8 Å². The van der Waals surface area contributed by atoms with Crippen LogP contribution in [-0.2, 0) is 0 Å². The molecule has 0 bridgehead atoms. The van der Waals surface area contributed by atoms with Crippen molar-refractivity contribution in [1.82, 2.24) is 9.55 Å². The molecular weight excluding hydrogens is 328 g/mol. The number of nitrogens with zero attached hydrogens (tertiary/aromatic N) is 2. The van der Waals surface area contributed by atoms with Gasteiger partial charge in [-0.05, 0) is 35.6 Å². The zero-order valence-corrected chi connectivity index (χ0v) is 16.0. The van der Waals surface area contributed by atoms with Gasteiger partial charge in [-0.3, -0.25) is 9.36 Å². The Bertz CT molecular complexity index is 944. The molecule has 0 radical (unpaired) electrons. The molecule has 1 aromatic heterocycles. The number of para-hydroxylation sites is 2. The number of aromatic nitrogens is 2. The van der Waals surface area contributed by atoms with Crippen LogP contribution < -0.4 is 5.56 Å². The van der Waals surface area contributed by atoms with Gasteiger partial charge in [0.05, 0.1) is 16.6 Å². The average Bonchev–Trinajstić information content (AvgIpc) is 2.60. The highest BCUT2D eigenvalue weighted by Crippen LogP contribution is 2.27. The van der Waals surface area contributed by atoms with E-state index in [0.717, 1.165) is 27.7 Å². The van der Waals surface area contributed by atoms with E-state index in [4.69, 9.17) is 4.98 Å². The molecule has 0 aliphatic rings. The Labute approximate surface area is 153 Å². The van der Waals surface area contributed by atoms with Crippen LogP contribution in [0.15, 0.2) is 58.5 Å². The van der Waals surface area contributed by atoms with Crippen molar-refractivity contribution in [3.8, 4) is 5.69 Å². The second-order valence-electron chi connectivity index (χ2n) is 6.97. The van der Waals surface area contributed by atoms with E-state index < -0.39 is 0 Å². The standard InChI is InChI=1S/C21H24N2OS/c1-14(2)13-25-21-22-18-11-7-5-10-17(18)20(24)23(21)19-12-8-6-9-16(19)15(3)4/h5-12,14-15H,13H2,1-4H3. The lowest BCUT2D eigenvalue weighted by Crippen LogP contribution is -2.23. The quantitative estimate of drug-likeness (QED) is 0.464. The molecule has 0 aliphatic carbocycles. The predicted molar refractivity (Wildman–Crippen MR) is 107 cm³/mol. The first-order valence-corrected chi connectivity index (χ1v) is 9.71. The molecule has 1 heterocycles. The van der Waals surface area contributed by atoms with Gasteiger partial charge < -0.3 is 0 Å². The summed E-state index contributed by atoms with van der Waals surface area (Å²) in [5.41, 5.74) is 2.86. The molecule has 0 amide bonds. The lowest BCUT2D eigenvalue weighted by molar-refractivity contribution is 0.739. The number of rotatable bonds is 5. The van der Waals surface area contributed by atoms with Crippen LogP contribution >= 0.6 is 11.8 Å². The molecule has 0 saturated heterocycles. The molecule has 2 aromatic carbocycles. The molecule has 25 heavy (non-hydrogen) atoms. The van der Waals surface area contributed by atoms with Crippen molar-refractivity contribution in [1.29, 1.82) is 0 Å². The van der Waals surface area contributed by atoms with Crippen molar-refractivity contribution in [2.75, 3.05) is 5.75 Å². The van der Waals surface area contributed by atoms with Gasteiger partial charge in [-0.1, -0.05) is 69.8 Å². The molecule has 0 spiro atoms. The van der Waals surface area contributed by atoms with Crippen LogP contribution in [0.3, 0.4) is 0 Å². The minimum absolute atomic E-state index is 0.00459. The average molecular weight is 353 g/mol. The summed E-state index contributed by atoms with van der Waals surface area (Å²) in [4.78, 5) is 18.1. The van der Waals surface area contributed by atoms with Gasteiger partial charge in [-0.25, -0.2) is 4.98 Å². The fraction of sp³-hybridized carbons (Fsp3) is 0.333. The van der Waals surface area contributed by atoms with Crippen molar-refractivity contribution in [3.05, 3.63) is 64.4 Å². The molecule has 3 rings (SSSR count). The van der Waals surface area contributed by atoms with Crippen LogP contribution in [0.4, 0.5) is 0 Å². The van der Waals surface area contributed by atoms with E-state index in [0.29, 0.717) is 17.2 Å². The van der Waals surface area contributed by atoms with Gasteiger partial charge in [0.1, 0.15) is 0 Å². The molecular formula is C21H24N2OS. The number of thioether (sulfide) groups is 1. The van der Waals surface area contributed by atoms with E-state index >= 15 is 0 Å². The van der Waals surface area contributed by atoms with Crippen LogP contribution in [0.25, 0.3) is 16.6 Å². The zero-order chi connectivity index (χ0) is 18.0. The second-order valence-corrected chi connectivity index (χ2v) is 7.96. The first kappa shape index (κ1) is 17.7. The molecule has 0 N–H and O–H groups in total. The number of fused-ring (bicyclic) bond motifs is 1. The lowest BCUT2D eigenvalue weighted by atomic mass is 10.0. The van der Waals surface area contributed by atoms with Gasteiger partial charge in [-0.15, -0.1) is 0 Å². The maximum absolute atomic E-state index is 13.3. The van der Waals surface area contributed by atoms with E-state index in [9.17, 15) is 4.79 Å². The van der Waals surface area contributed by atoms with E-state index in [1.54, 1.807) is 16.3 Å². The summed E-state index contributed by atoms with van der Waals surface area (Å²) >= 11 is 1.65. The van der Waals surface area contributed by atoms with Crippen LogP contribution in [0, 0.1) is 5.92 Å². The van der Waals surface area contributed by atoms with Crippen molar-refractivity contribution in [2.24, 2.45) is 5.92 Å². The highest BCUT2D eigenvalue weighted by molar-refractivity contribution is 7.99. The second kappa shape index (κ2) is 7.44. The number of benzene rings is 2. The van der Waals surface area contributed by atoms with Crippen molar-refractivity contribution in [2.45, 2.75) is 38.8 Å². The van der Waals surface area contributed by atoms with Gasteiger partial charge in [0, 0.05) is 5.75 Å². The van der Waals surface area contributed by atoms with Crippen molar-refractivity contribution in [3.63, 3.8) is 0 Å². The number of hydrogen-bond acceptors (Lipinski definition) is 3. The molecule has 0 unspecified atom stereocenters. The molecule has 0 atom stereocenters. The Balaban J connectivity index is 2.30. The minimum Gasteiger partial charge on any atom is -0.268 e. The smallest absolute Gasteiger partial charge is 0.266 e. The third kappa shape index (κ3) is 3.64. The molecule has 0 aliphatic heterocycles. The van der Waals surface area contributed by atoms with Crippen LogP contribution in [0.1, 0.15) is 39.2 Å². The maximum atomic E-state index is 13.3. The Morgan fingerprint density at radius 1 is 1.00 bits per heavy atom. The normalized spacial score (nSPS) is 11.6. The zero-order valence-electron chi connectivity index (χ0n) is 15.2. The Hall–Kier alpha value is -2.07. The maximum Gasteiger partial charge on any atom is 0.266 e. The SMILES string of the molecule is CC(C)CSc1nc2ccccc2c(=O)n1-c1ccccc1C(C)C. The van der Waals surface area contributed by atoms with Crippen LogP contribution in [-0.4, -0.2) is 15.3 Å². The molecule has 0 fully saturated rings.